The molecule has 1 atom stereocenters. The Hall–Kier alpha value is -2.06. The van der Waals surface area contributed by atoms with Crippen molar-refractivity contribution in [3.8, 4) is 0 Å². The van der Waals surface area contributed by atoms with Gasteiger partial charge in [-0.3, -0.25) is 0 Å². The molecule has 0 aliphatic rings. The standard InChI is InChI=1S/C19H21NO/c1-3-20-18(19-14(2)11-12-21-19)13-16-9-6-8-15-7-4-5-10-17(15)16/h4-12,18,20H,3,13H2,1-2H3. The van der Waals surface area contributed by atoms with Crippen LogP contribution in [0, 0.1) is 6.92 Å². The molecule has 0 fully saturated rings. The maximum Gasteiger partial charge on any atom is 0.123 e. The van der Waals surface area contributed by atoms with Crippen molar-refractivity contribution in [2.24, 2.45) is 0 Å². The molecular weight excluding hydrogens is 258 g/mol. The van der Waals surface area contributed by atoms with Gasteiger partial charge in [0.05, 0.1) is 12.3 Å². The lowest BCUT2D eigenvalue weighted by atomic mass is 9.96. The van der Waals surface area contributed by atoms with E-state index >= 15 is 0 Å². The van der Waals surface area contributed by atoms with Crippen LogP contribution in [0.5, 0.6) is 0 Å². The Morgan fingerprint density at radius 2 is 1.86 bits per heavy atom. The van der Waals surface area contributed by atoms with Gasteiger partial charge in [-0.15, -0.1) is 0 Å². The van der Waals surface area contributed by atoms with Crippen molar-refractivity contribution < 1.29 is 4.42 Å². The Labute approximate surface area is 125 Å². The zero-order chi connectivity index (χ0) is 14.7. The lowest BCUT2D eigenvalue weighted by Crippen LogP contribution is -2.23. The number of hydrogen-bond donors (Lipinski definition) is 1. The first kappa shape index (κ1) is 13.9. The predicted molar refractivity (Wildman–Crippen MR) is 87.5 cm³/mol. The van der Waals surface area contributed by atoms with Crippen molar-refractivity contribution >= 4 is 10.8 Å². The van der Waals surface area contributed by atoms with E-state index in [-0.39, 0.29) is 6.04 Å². The molecule has 0 aliphatic heterocycles. The van der Waals surface area contributed by atoms with Crippen LogP contribution < -0.4 is 5.32 Å². The van der Waals surface area contributed by atoms with E-state index < -0.39 is 0 Å². The lowest BCUT2D eigenvalue weighted by molar-refractivity contribution is 0.414. The first-order chi connectivity index (χ1) is 10.3. The van der Waals surface area contributed by atoms with E-state index in [1.165, 1.54) is 21.9 Å². The fourth-order valence-corrected chi connectivity index (χ4v) is 2.94. The number of furan rings is 1. The monoisotopic (exact) mass is 279 g/mol. The van der Waals surface area contributed by atoms with E-state index in [0.717, 1.165) is 18.7 Å². The van der Waals surface area contributed by atoms with E-state index in [9.17, 15) is 0 Å². The van der Waals surface area contributed by atoms with Crippen molar-refractivity contribution in [3.05, 3.63) is 71.7 Å². The van der Waals surface area contributed by atoms with Crippen LogP contribution in [0.2, 0.25) is 0 Å². The van der Waals surface area contributed by atoms with Crippen molar-refractivity contribution in [1.29, 1.82) is 0 Å². The van der Waals surface area contributed by atoms with Gasteiger partial charge in [0, 0.05) is 0 Å². The molecule has 0 spiro atoms. The van der Waals surface area contributed by atoms with Crippen LogP contribution >= 0.6 is 0 Å². The molecule has 2 aromatic carbocycles. The van der Waals surface area contributed by atoms with Gasteiger partial charge in [-0.05, 0) is 47.9 Å². The summed E-state index contributed by atoms with van der Waals surface area (Å²) < 4.78 is 5.70. The van der Waals surface area contributed by atoms with E-state index in [1.54, 1.807) is 6.26 Å². The van der Waals surface area contributed by atoms with Crippen molar-refractivity contribution in [1.82, 2.24) is 5.32 Å². The Morgan fingerprint density at radius 1 is 1.05 bits per heavy atom. The molecule has 3 rings (SSSR count). The molecule has 1 aromatic heterocycles. The van der Waals surface area contributed by atoms with Gasteiger partial charge in [-0.2, -0.15) is 0 Å². The molecule has 2 nitrogen and oxygen atoms in total. The molecule has 0 saturated heterocycles. The normalized spacial score (nSPS) is 12.7. The van der Waals surface area contributed by atoms with Gasteiger partial charge in [0.2, 0.25) is 0 Å². The first-order valence-electron chi connectivity index (χ1n) is 7.53. The third kappa shape index (κ3) is 2.86. The quantitative estimate of drug-likeness (QED) is 0.736. The molecular formula is C19H21NO. The number of likely N-dealkylation sites (N-methyl/N-ethyl adjacent to an activating group) is 1. The van der Waals surface area contributed by atoms with Crippen LogP contribution in [0.1, 0.15) is 29.9 Å². The Balaban J connectivity index is 1.97. The van der Waals surface area contributed by atoms with E-state index in [0.29, 0.717) is 0 Å². The molecule has 0 saturated carbocycles. The molecule has 2 heteroatoms. The van der Waals surface area contributed by atoms with Crippen LogP contribution in [-0.4, -0.2) is 6.54 Å². The average Bonchev–Trinajstić information content (AvgIpc) is 2.93. The largest absolute Gasteiger partial charge is 0.467 e. The maximum absolute atomic E-state index is 5.70. The van der Waals surface area contributed by atoms with Crippen LogP contribution in [-0.2, 0) is 6.42 Å². The minimum absolute atomic E-state index is 0.218. The Bertz CT molecular complexity index is 724. The maximum atomic E-state index is 5.70. The summed E-state index contributed by atoms with van der Waals surface area (Å²) in [7, 11) is 0. The molecule has 108 valence electrons. The Kier molecular flexibility index (Phi) is 4.07. The number of fused-ring (bicyclic) bond motifs is 1. The van der Waals surface area contributed by atoms with Crippen molar-refractivity contribution in [2.45, 2.75) is 26.3 Å². The highest BCUT2D eigenvalue weighted by Crippen LogP contribution is 2.26. The van der Waals surface area contributed by atoms with Gasteiger partial charge in [0.25, 0.3) is 0 Å². The van der Waals surface area contributed by atoms with Crippen LogP contribution in [0.15, 0.2) is 59.2 Å². The van der Waals surface area contributed by atoms with Crippen LogP contribution in [0.4, 0.5) is 0 Å². The summed E-state index contributed by atoms with van der Waals surface area (Å²) in [6.07, 6.45) is 2.71. The third-order valence-corrected chi connectivity index (χ3v) is 3.97. The molecule has 0 amide bonds. The predicted octanol–water partition coefficient (Wildman–Crippen LogP) is 4.63. The zero-order valence-electron chi connectivity index (χ0n) is 12.6. The first-order valence-corrected chi connectivity index (χ1v) is 7.53. The average molecular weight is 279 g/mol. The van der Waals surface area contributed by atoms with Crippen LogP contribution in [0.3, 0.4) is 0 Å². The molecule has 0 radical (unpaired) electrons. The number of aryl methyl sites for hydroxylation is 1. The lowest BCUT2D eigenvalue weighted by Gasteiger charge is -2.18. The van der Waals surface area contributed by atoms with Gasteiger partial charge in [0.1, 0.15) is 5.76 Å². The summed E-state index contributed by atoms with van der Waals surface area (Å²) in [5.41, 5.74) is 2.57. The van der Waals surface area contributed by atoms with Crippen molar-refractivity contribution in [2.75, 3.05) is 6.54 Å². The highest BCUT2D eigenvalue weighted by molar-refractivity contribution is 5.85. The summed E-state index contributed by atoms with van der Waals surface area (Å²) in [6.45, 7) is 5.16. The fourth-order valence-electron chi connectivity index (χ4n) is 2.94. The SMILES string of the molecule is CCNC(Cc1cccc2ccccc12)c1occc1C. The summed E-state index contributed by atoms with van der Waals surface area (Å²) in [5, 5.41) is 6.16. The number of hydrogen-bond acceptors (Lipinski definition) is 2. The summed E-state index contributed by atoms with van der Waals surface area (Å²) >= 11 is 0. The van der Waals surface area contributed by atoms with E-state index in [1.807, 2.05) is 6.07 Å². The molecule has 1 N–H and O–H groups in total. The summed E-state index contributed by atoms with van der Waals surface area (Å²) in [5.74, 6) is 1.05. The summed E-state index contributed by atoms with van der Waals surface area (Å²) in [4.78, 5) is 0. The van der Waals surface area contributed by atoms with Gasteiger partial charge in [0.15, 0.2) is 0 Å². The Morgan fingerprint density at radius 3 is 2.62 bits per heavy atom. The van der Waals surface area contributed by atoms with Crippen LogP contribution in [0.25, 0.3) is 10.8 Å². The number of benzene rings is 2. The van der Waals surface area contributed by atoms with E-state index in [4.69, 9.17) is 4.42 Å². The zero-order valence-corrected chi connectivity index (χ0v) is 12.6. The highest BCUT2D eigenvalue weighted by atomic mass is 16.3. The molecule has 0 aliphatic carbocycles. The topological polar surface area (TPSA) is 25.2 Å². The smallest absolute Gasteiger partial charge is 0.123 e. The van der Waals surface area contributed by atoms with Gasteiger partial charge < -0.3 is 9.73 Å². The molecule has 1 unspecified atom stereocenters. The van der Waals surface area contributed by atoms with Gasteiger partial charge in [-0.1, -0.05) is 49.4 Å². The minimum Gasteiger partial charge on any atom is -0.467 e. The second-order valence-electron chi connectivity index (χ2n) is 5.42. The second kappa shape index (κ2) is 6.15. The number of rotatable bonds is 5. The molecule has 3 aromatic rings. The summed E-state index contributed by atoms with van der Waals surface area (Å²) in [6, 6.07) is 17.3. The minimum atomic E-state index is 0.218. The van der Waals surface area contributed by atoms with Crippen molar-refractivity contribution in [3.63, 3.8) is 0 Å². The second-order valence-corrected chi connectivity index (χ2v) is 5.42. The molecule has 21 heavy (non-hydrogen) atoms. The highest BCUT2D eigenvalue weighted by Gasteiger charge is 2.17. The molecule has 0 bridgehead atoms. The molecule has 1 heterocycles. The van der Waals surface area contributed by atoms with E-state index in [2.05, 4.69) is 61.6 Å². The third-order valence-electron chi connectivity index (χ3n) is 3.97. The van der Waals surface area contributed by atoms with Gasteiger partial charge in [-0.25, -0.2) is 0 Å². The van der Waals surface area contributed by atoms with Gasteiger partial charge >= 0.3 is 0 Å². The number of nitrogens with one attached hydrogen (secondary N) is 1. The fraction of sp³-hybridized carbons (Fsp3) is 0.263.